The Hall–Kier alpha value is -1.73. The van der Waals surface area contributed by atoms with Crippen LogP contribution in [0.25, 0.3) is 0 Å². The minimum atomic E-state index is -0.332. The first-order valence-corrected chi connectivity index (χ1v) is 5.07. The lowest BCUT2D eigenvalue weighted by Crippen LogP contribution is -2.31. The van der Waals surface area contributed by atoms with Crippen molar-refractivity contribution < 1.29 is 4.79 Å². The third-order valence-corrected chi connectivity index (χ3v) is 2.48. The average molecular weight is 238 g/mol. The highest BCUT2D eigenvalue weighted by atomic mass is 35.5. The van der Waals surface area contributed by atoms with Crippen molar-refractivity contribution in [2.75, 3.05) is 18.9 Å². The number of amides is 2. The molecular weight excluding hydrogens is 226 g/mol. The average Bonchev–Trinajstić information content (AvgIpc) is 2.24. The van der Waals surface area contributed by atoms with Crippen LogP contribution in [-0.4, -0.2) is 24.5 Å². The highest BCUT2D eigenvalue weighted by Gasteiger charge is 2.08. The van der Waals surface area contributed by atoms with Crippen LogP contribution >= 0.6 is 11.6 Å². The number of nitriles is 1. The monoisotopic (exact) mass is 237 g/mol. The Bertz CT molecular complexity index is 439. The summed E-state index contributed by atoms with van der Waals surface area (Å²) in [6.45, 7) is 1.93. The van der Waals surface area contributed by atoms with Gasteiger partial charge in [0, 0.05) is 17.8 Å². The summed E-state index contributed by atoms with van der Waals surface area (Å²) in [6, 6.07) is 6.82. The van der Waals surface area contributed by atoms with Crippen molar-refractivity contribution in [2.24, 2.45) is 0 Å². The molecule has 0 bridgehead atoms. The fourth-order valence-corrected chi connectivity index (χ4v) is 1.25. The number of nitrogens with one attached hydrogen (secondary N) is 1. The zero-order valence-electron chi connectivity index (χ0n) is 9.12. The molecule has 16 heavy (non-hydrogen) atoms. The molecule has 0 spiro atoms. The fourth-order valence-electron chi connectivity index (χ4n) is 1.07. The summed E-state index contributed by atoms with van der Waals surface area (Å²) in [7, 11) is 1.55. The molecule has 0 aliphatic heterocycles. The van der Waals surface area contributed by atoms with Gasteiger partial charge in [0.25, 0.3) is 0 Å². The van der Waals surface area contributed by atoms with Crippen LogP contribution in [0.5, 0.6) is 0 Å². The summed E-state index contributed by atoms with van der Waals surface area (Å²) in [5, 5.41) is 11.7. The fraction of sp³-hybridized carbons (Fsp3) is 0.273. The molecule has 2 amide bonds. The number of carbonyl (C=O) groups is 1. The normalized spacial score (nSPS) is 9.38. The van der Waals surface area contributed by atoms with Crippen molar-refractivity contribution in [2.45, 2.75) is 6.92 Å². The van der Waals surface area contributed by atoms with Crippen molar-refractivity contribution in [3.05, 3.63) is 28.8 Å². The highest BCUT2D eigenvalue weighted by molar-refractivity contribution is 6.31. The Morgan fingerprint density at radius 3 is 2.88 bits per heavy atom. The smallest absolute Gasteiger partial charge is 0.314 e. The summed E-state index contributed by atoms with van der Waals surface area (Å²) < 4.78 is 0. The molecule has 1 aromatic carbocycles. The Morgan fingerprint density at radius 1 is 1.62 bits per heavy atom. The molecular formula is C11H12ClN3O. The van der Waals surface area contributed by atoms with E-state index in [1.165, 1.54) is 4.90 Å². The van der Waals surface area contributed by atoms with Crippen LogP contribution in [0.1, 0.15) is 5.56 Å². The van der Waals surface area contributed by atoms with Crippen LogP contribution < -0.4 is 5.32 Å². The molecule has 0 saturated carbocycles. The van der Waals surface area contributed by atoms with Gasteiger partial charge in [0.05, 0.1) is 6.07 Å². The SMILES string of the molecule is Cc1ccc(NC(=O)N(C)CC#N)cc1Cl. The van der Waals surface area contributed by atoms with E-state index in [1.54, 1.807) is 19.2 Å². The maximum atomic E-state index is 11.5. The maximum Gasteiger partial charge on any atom is 0.322 e. The predicted octanol–water partition coefficient (Wildman–Crippen LogP) is 2.64. The Morgan fingerprint density at radius 2 is 2.31 bits per heavy atom. The Labute approximate surface area is 99.4 Å². The van der Waals surface area contributed by atoms with Gasteiger partial charge < -0.3 is 10.2 Å². The van der Waals surface area contributed by atoms with Crippen LogP contribution in [0, 0.1) is 18.3 Å². The molecule has 1 aromatic rings. The maximum absolute atomic E-state index is 11.5. The summed E-state index contributed by atoms with van der Waals surface area (Å²) in [5.41, 5.74) is 1.57. The van der Waals surface area contributed by atoms with Gasteiger partial charge in [-0.25, -0.2) is 4.79 Å². The van der Waals surface area contributed by atoms with Crippen LogP contribution in [0.15, 0.2) is 18.2 Å². The lowest BCUT2D eigenvalue weighted by Gasteiger charge is -2.14. The second-order valence-electron chi connectivity index (χ2n) is 3.41. The van der Waals surface area contributed by atoms with Crippen LogP contribution in [0.4, 0.5) is 10.5 Å². The molecule has 0 aromatic heterocycles. The number of hydrogen-bond donors (Lipinski definition) is 1. The van der Waals surface area contributed by atoms with E-state index in [0.717, 1.165) is 5.56 Å². The zero-order chi connectivity index (χ0) is 12.1. The second kappa shape index (κ2) is 5.38. The number of benzene rings is 1. The van der Waals surface area contributed by atoms with E-state index >= 15 is 0 Å². The van der Waals surface area contributed by atoms with Gasteiger partial charge in [-0.3, -0.25) is 0 Å². The van der Waals surface area contributed by atoms with E-state index in [9.17, 15) is 4.79 Å². The van der Waals surface area contributed by atoms with Crippen molar-refractivity contribution >= 4 is 23.3 Å². The summed E-state index contributed by atoms with van der Waals surface area (Å²) in [5.74, 6) is 0. The van der Waals surface area contributed by atoms with Gasteiger partial charge in [0.2, 0.25) is 0 Å². The number of aryl methyl sites for hydroxylation is 1. The summed E-state index contributed by atoms with van der Waals surface area (Å²) >= 11 is 5.92. The second-order valence-corrected chi connectivity index (χ2v) is 3.82. The standard InChI is InChI=1S/C11H12ClN3O/c1-8-3-4-9(7-10(8)12)14-11(16)15(2)6-5-13/h3-4,7H,6H2,1-2H3,(H,14,16). The van der Waals surface area contributed by atoms with Crippen molar-refractivity contribution in [1.82, 2.24) is 4.90 Å². The number of rotatable bonds is 2. The molecule has 0 aliphatic rings. The van der Waals surface area contributed by atoms with Gasteiger partial charge in [0.15, 0.2) is 0 Å². The molecule has 0 aliphatic carbocycles. The topological polar surface area (TPSA) is 56.1 Å². The van der Waals surface area contributed by atoms with Gasteiger partial charge in [0.1, 0.15) is 6.54 Å². The number of carbonyl (C=O) groups excluding carboxylic acids is 1. The lowest BCUT2D eigenvalue weighted by molar-refractivity contribution is 0.227. The largest absolute Gasteiger partial charge is 0.322 e. The van der Waals surface area contributed by atoms with Crippen LogP contribution in [-0.2, 0) is 0 Å². The first kappa shape index (κ1) is 12.3. The van der Waals surface area contributed by atoms with Gasteiger partial charge in [-0.15, -0.1) is 0 Å². The van der Waals surface area contributed by atoms with Crippen molar-refractivity contribution in [3.8, 4) is 6.07 Å². The Kier molecular flexibility index (Phi) is 4.15. The third-order valence-electron chi connectivity index (χ3n) is 2.08. The van der Waals surface area contributed by atoms with E-state index in [4.69, 9.17) is 16.9 Å². The van der Waals surface area contributed by atoms with E-state index in [0.29, 0.717) is 10.7 Å². The van der Waals surface area contributed by atoms with Gasteiger partial charge >= 0.3 is 6.03 Å². The number of urea groups is 1. The van der Waals surface area contributed by atoms with E-state index in [2.05, 4.69) is 5.32 Å². The molecule has 0 fully saturated rings. The van der Waals surface area contributed by atoms with Gasteiger partial charge in [-0.1, -0.05) is 17.7 Å². The quantitative estimate of drug-likeness (QED) is 0.804. The summed E-state index contributed by atoms with van der Waals surface area (Å²) in [4.78, 5) is 12.8. The number of anilines is 1. The molecule has 1 rings (SSSR count). The lowest BCUT2D eigenvalue weighted by atomic mass is 10.2. The van der Waals surface area contributed by atoms with Crippen LogP contribution in [0.2, 0.25) is 5.02 Å². The zero-order valence-corrected chi connectivity index (χ0v) is 9.88. The minimum Gasteiger partial charge on any atom is -0.314 e. The molecule has 0 heterocycles. The van der Waals surface area contributed by atoms with Crippen molar-refractivity contribution in [3.63, 3.8) is 0 Å². The number of halogens is 1. The van der Waals surface area contributed by atoms with E-state index < -0.39 is 0 Å². The van der Waals surface area contributed by atoms with Gasteiger partial charge in [-0.05, 0) is 24.6 Å². The molecule has 84 valence electrons. The van der Waals surface area contributed by atoms with E-state index in [-0.39, 0.29) is 12.6 Å². The molecule has 0 unspecified atom stereocenters. The van der Waals surface area contributed by atoms with E-state index in [1.807, 2.05) is 19.1 Å². The Balaban J connectivity index is 2.70. The molecule has 0 saturated heterocycles. The molecule has 0 radical (unpaired) electrons. The molecule has 0 atom stereocenters. The number of nitrogens with zero attached hydrogens (tertiary/aromatic N) is 2. The van der Waals surface area contributed by atoms with Crippen molar-refractivity contribution in [1.29, 1.82) is 5.26 Å². The van der Waals surface area contributed by atoms with Crippen LogP contribution in [0.3, 0.4) is 0 Å². The molecule has 4 nitrogen and oxygen atoms in total. The molecule has 1 N–H and O–H groups in total. The first-order valence-electron chi connectivity index (χ1n) is 4.70. The first-order chi connectivity index (χ1) is 7.54. The van der Waals surface area contributed by atoms with Gasteiger partial charge in [-0.2, -0.15) is 5.26 Å². The molecule has 5 heteroatoms. The highest BCUT2D eigenvalue weighted by Crippen LogP contribution is 2.19. The number of hydrogen-bond acceptors (Lipinski definition) is 2. The minimum absolute atomic E-state index is 0.0471. The third kappa shape index (κ3) is 3.14. The predicted molar refractivity (Wildman–Crippen MR) is 63.5 cm³/mol. The summed E-state index contributed by atoms with van der Waals surface area (Å²) in [6.07, 6.45) is 0.